The van der Waals surface area contributed by atoms with E-state index in [9.17, 15) is 14.9 Å². The van der Waals surface area contributed by atoms with Gasteiger partial charge in [-0.05, 0) is 13.0 Å². The lowest BCUT2D eigenvalue weighted by Crippen LogP contribution is -2.04. The Balaban J connectivity index is 2.34. The third-order valence-corrected chi connectivity index (χ3v) is 3.16. The van der Waals surface area contributed by atoms with E-state index in [4.69, 9.17) is 4.42 Å². The highest BCUT2D eigenvalue weighted by Gasteiger charge is 2.18. The minimum Gasteiger partial charge on any atom is -0.400 e. The van der Waals surface area contributed by atoms with Crippen molar-refractivity contribution in [2.75, 3.05) is 5.32 Å². The summed E-state index contributed by atoms with van der Waals surface area (Å²) in [6.07, 6.45) is 0. The molecule has 94 valence electrons. The van der Waals surface area contributed by atoms with Gasteiger partial charge in [-0.1, -0.05) is 11.3 Å². The van der Waals surface area contributed by atoms with Crippen molar-refractivity contribution in [2.24, 2.45) is 0 Å². The molecule has 0 radical (unpaired) electrons. The molecule has 0 fully saturated rings. The molecule has 8 heteroatoms. The van der Waals surface area contributed by atoms with Gasteiger partial charge in [-0.2, -0.15) is 0 Å². The number of hydrogen-bond donors (Lipinski definition) is 1. The van der Waals surface area contributed by atoms with E-state index < -0.39 is 4.92 Å². The summed E-state index contributed by atoms with van der Waals surface area (Å²) in [5.74, 6) is -0.173. The summed E-state index contributed by atoms with van der Waals surface area (Å²) in [6, 6.07) is 2.79. The number of carbonyl (C=O) groups excluding carboxylic acids is 1. The van der Waals surface area contributed by atoms with Gasteiger partial charge in [0.25, 0.3) is 0 Å². The number of aromatic nitrogens is 1. The van der Waals surface area contributed by atoms with Crippen molar-refractivity contribution in [1.29, 1.82) is 0 Å². The van der Waals surface area contributed by atoms with Crippen molar-refractivity contribution < 1.29 is 14.1 Å². The summed E-state index contributed by atoms with van der Waals surface area (Å²) in [6.45, 7) is 3.12. The molecule has 0 unspecified atom stereocenters. The molecule has 0 aromatic carbocycles. The molecule has 0 bridgehead atoms. The Hall–Kier alpha value is -2.22. The van der Waals surface area contributed by atoms with Crippen LogP contribution in [0.3, 0.4) is 0 Å². The SMILES string of the molecule is CC(=O)Nc1nc(C)c(-c2ccc([N+](=O)[O-])o2)s1. The maximum absolute atomic E-state index is 10.9. The van der Waals surface area contributed by atoms with Gasteiger partial charge < -0.3 is 9.73 Å². The number of nitro groups is 1. The quantitative estimate of drug-likeness (QED) is 0.680. The fourth-order valence-corrected chi connectivity index (χ4v) is 2.35. The zero-order valence-corrected chi connectivity index (χ0v) is 10.4. The van der Waals surface area contributed by atoms with Crippen LogP contribution >= 0.6 is 11.3 Å². The minimum absolute atomic E-state index is 0.222. The number of rotatable bonds is 3. The van der Waals surface area contributed by atoms with Gasteiger partial charge in [0.15, 0.2) is 10.9 Å². The van der Waals surface area contributed by atoms with Crippen LogP contribution in [0, 0.1) is 17.0 Å². The summed E-state index contributed by atoms with van der Waals surface area (Å²) in [5.41, 5.74) is 0.646. The van der Waals surface area contributed by atoms with Crippen LogP contribution in [-0.4, -0.2) is 15.8 Å². The summed E-state index contributed by atoms with van der Waals surface area (Å²) >= 11 is 1.21. The number of hydrogen-bond acceptors (Lipinski definition) is 6. The van der Waals surface area contributed by atoms with Crippen molar-refractivity contribution in [3.63, 3.8) is 0 Å². The topological polar surface area (TPSA) is 98.3 Å². The number of aryl methyl sites for hydroxylation is 1. The smallest absolute Gasteiger partial charge is 0.400 e. The molecular formula is C10H9N3O4S. The molecule has 0 aliphatic rings. The summed E-state index contributed by atoms with van der Waals surface area (Å²) < 4.78 is 5.09. The van der Waals surface area contributed by atoms with Crippen LogP contribution in [-0.2, 0) is 4.79 Å². The van der Waals surface area contributed by atoms with E-state index in [1.54, 1.807) is 6.92 Å². The van der Waals surface area contributed by atoms with Crippen LogP contribution in [0.5, 0.6) is 0 Å². The lowest BCUT2D eigenvalue weighted by molar-refractivity contribution is -0.401. The third kappa shape index (κ3) is 2.38. The molecule has 18 heavy (non-hydrogen) atoms. The van der Waals surface area contributed by atoms with E-state index in [1.807, 2.05) is 0 Å². The Bertz CT molecular complexity index is 616. The minimum atomic E-state index is -0.603. The normalized spacial score (nSPS) is 10.3. The van der Waals surface area contributed by atoms with Crippen molar-refractivity contribution in [1.82, 2.24) is 4.98 Å². The summed E-state index contributed by atoms with van der Waals surface area (Å²) in [4.78, 5) is 25.6. The Labute approximate surface area is 106 Å². The van der Waals surface area contributed by atoms with Crippen molar-refractivity contribution in [2.45, 2.75) is 13.8 Å². The Kier molecular flexibility index (Phi) is 3.11. The molecule has 0 saturated heterocycles. The van der Waals surface area contributed by atoms with Gasteiger partial charge in [0.1, 0.15) is 4.92 Å². The second kappa shape index (κ2) is 4.57. The molecular weight excluding hydrogens is 258 g/mol. The first-order chi connectivity index (χ1) is 8.47. The van der Waals surface area contributed by atoms with E-state index in [0.29, 0.717) is 21.5 Å². The maximum Gasteiger partial charge on any atom is 0.433 e. The average Bonchev–Trinajstić information content (AvgIpc) is 2.83. The van der Waals surface area contributed by atoms with E-state index in [1.165, 1.54) is 30.4 Å². The highest BCUT2D eigenvalue weighted by molar-refractivity contribution is 7.19. The fourth-order valence-electron chi connectivity index (χ4n) is 1.38. The molecule has 2 heterocycles. The van der Waals surface area contributed by atoms with Crippen molar-refractivity contribution >= 4 is 28.3 Å². The fraction of sp³-hybridized carbons (Fsp3) is 0.200. The van der Waals surface area contributed by atoms with Gasteiger partial charge in [-0.3, -0.25) is 14.9 Å². The van der Waals surface area contributed by atoms with Crippen LogP contribution in [0.25, 0.3) is 10.6 Å². The molecule has 0 spiro atoms. The first kappa shape index (κ1) is 12.2. The average molecular weight is 267 g/mol. The van der Waals surface area contributed by atoms with Gasteiger partial charge in [0.05, 0.1) is 16.6 Å². The molecule has 0 aliphatic heterocycles. The summed E-state index contributed by atoms with van der Waals surface area (Å²) in [7, 11) is 0. The number of nitrogens with one attached hydrogen (secondary N) is 1. The first-order valence-electron chi connectivity index (χ1n) is 4.97. The zero-order chi connectivity index (χ0) is 13.3. The van der Waals surface area contributed by atoms with Gasteiger partial charge in [0.2, 0.25) is 5.91 Å². The van der Waals surface area contributed by atoms with E-state index in [-0.39, 0.29) is 11.8 Å². The van der Waals surface area contributed by atoms with Gasteiger partial charge in [-0.15, -0.1) is 0 Å². The van der Waals surface area contributed by atoms with E-state index in [0.717, 1.165) is 0 Å². The Morgan fingerprint density at radius 2 is 2.28 bits per heavy atom. The highest BCUT2D eigenvalue weighted by Crippen LogP contribution is 2.35. The van der Waals surface area contributed by atoms with Gasteiger partial charge in [-0.25, -0.2) is 4.98 Å². The number of carbonyl (C=O) groups is 1. The molecule has 2 rings (SSSR count). The maximum atomic E-state index is 10.9. The van der Waals surface area contributed by atoms with Crippen LogP contribution in [0.15, 0.2) is 16.5 Å². The predicted octanol–water partition coefficient (Wildman–Crippen LogP) is 2.58. The summed E-state index contributed by atoms with van der Waals surface area (Å²) in [5, 5.41) is 13.5. The lowest BCUT2D eigenvalue weighted by Gasteiger charge is -1.92. The molecule has 1 N–H and O–H groups in total. The molecule has 1 amide bonds. The van der Waals surface area contributed by atoms with Crippen molar-refractivity contribution in [3.8, 4) is 10.6 Å². The molecule has 0 atom stereocenters. The molecule has 0 saturated carbocycles. The van der Waals surface area contributed by atoms with E-state index in [2.05, 4.69) is 10.3 Å². The van der Waals surface area contributed by atoms with Gasteiger partial charge >= 0.3 is 5.88 Å². The van der Waals surface area contributed by atoms with Gasteiger partial charge in [0, 0.05) is 6.92 Å². The Morgan fingerprint density at radius 1 is 1.56 bits per heavy atom. The Morgan fingerprint density at radius 3 is 2.83 bits per heavy atom. The number of thiazole rings is 1. The number of furan rings is 1. The van der Waals surface area contributed by atoms with Crippen LogP contribution in [0.2, 0.25) is 0 Å². The second-order valence-electron chi connectivity index (χ2n) is 3.51. The van der Waals surface area contributed by atoms with E-state index >= 15 is 0 Å². The highest BCUT2D eigenvalue weighted by atomic mass is 32.1. The van der Waals surface area contributed by atoms with Crippen LogP contribution in [0.1, 0.15) is 12.6 Å². The van der Waals surface area contributed by atoms with Crippen molar-refractivity contribution in [3.05, 3.63) is 27.9 Å². The second-order valence-corrected chi connectivity index (χ2v) is 4.51. The molecule has 0 aliphatic carbocycles. The monoisotopic (exact) mass is 267 g/mol. The van der Waals surface area contributed by atoms with Crippen LogP contribution < -0.4 is 5.32 Å². The third-order valence-electron chi connectivity index (χ3n) is 2.08. The largest absolute Gasteiger partial charge is 0.433 e. The predicted molar refractivity (Wildman–Crippen MR) is 65.5 cm³/mol. The molecule has 2 aromatic heterocycles. The standard InChI is InChI=1S/C10H9N3O4S/c1-5-9(18-10(11-5)12-6(2)14)7-3-4-8(17-7)13(15)16/h3-4H,1-2H3,(H,11,12,14). The lowest BCUT2D eigenvalue weighted by atomic mass is 10.3. The number of amides is 1. The van der Waals surface area contributed by atoms with Crippen LogP contribution in [0.4, 0.5) is 11.0 Å². The molecule has 2 aromatic rings. The first-order valence-corrected chi connectivity index (χ1v) is 5.78. The zero-order valence-electron chi connectivity index (χ0n) is 9.59. The number of nitrogens with zero attached hydrogens (tertiary/aromatic N) is 2. The number of anilines is 1. The molecule has 7 nitrogen and oxygen atoms in total.